The Hall–Kier alpha value is -2.07. The Kier molecular flexibility index (Phi) is 7.31. The molecular weight excluding hydrogens is 452 g/mol. The van der Waals surface area contributed by atoms with Crippen molar-refractivity contribution >= 4 is 38.7 Å². The zero-order valence-corrected chi connectivity index (χ0v) is 20.1. The third kappa shape index (κ3) is 7.24. The van der Waals surface area contributed by atoms with E-state index in [0.29, 0.717) is 12.0 Å². The quantitative estimate of drug-likeness (QED) is 0.460. The smallest absolute Gasteiger partial charge is 0.269 e. The van der Waals surface area contributed by atoms with Crippen molar-refractivity contribution in [2.45, 2.75) is 45.4 Å². The molecule has 3 aromatic rings. The first-order valence-corrected chi connectivity index (χ1v) is 13.2. The van der Waals surface area contributed by atoms with E-state index in [1.54, 1.807) is 23.5 Å². The van der Waals surface area contributed by atoms with E-state index < -0.39 is 21.3 Å². The summed E-state index contributed by atoms with van der Waals surface area (Å²) in [6.45, 7) is 5.61. The summed E-state index contributed by atoms with van der Waals surface area (Å²) in [6.07, 6.45) is 1.29. The van der Waals surface area contributed by atoms with Gasteiger partial charge in [-0.1, -0.05) is 51.1 Å². The van der Waals surface area contributed by atoms with Crippen LogP contribution in [0.2, 0.25) is 0 Å². The average molecular weight is 479 g/mol. The summed E-state index contributed by atoms with van der Waals surface area (Å²) in [7, 11) is -4.07. The monoisotopic (exact) mass is 478 g/mol. The van der Waals surface area contributed by atoms with E-state index in [1.807, 2.05) is 49.7 Å². The fourth-order valence-corrected chi connectivity index (χ4v) is 5.15. The van der Waals surface area contributed by atoms with E-state index in [2.05, 4.69) is 11.4 Å². The van der Waals surface area contributed by atoms with E-state index in [-0.39, 0.29) is 11.9 Å². The van der Waals surface area contributed by atoms with E-state index in [0.717, 1.165) is 22.7 Å². The van der Waals surface area contributed by atoms with Gasteiger partial charge in [-0.25, -0.2) is 4.98 Å². The summed E-state index contributed by atoms with van der Waals surface area (Å²) in [5.41, 5.74) is 1.89. The molecule has 2 heterocycles. The van der Waals surface area contributed by atoms with E-state index in [9.17, 15) is 13.2 Å². The third-order valence-corrected chi connectivity index (χ3v) is 7.18. The Labute approximate surface area is 191 Å². The fraction of sp³-hybridized carbons (Fsp3) is 0.364. The first-order chi connectivity index (χ1) is 14.5. The molecule has 2 N–H and O–H groups in total. The van der Waals surface area contributed by atoms with Crippen LogP contribution in [0.4, 0.5) is 0 Å². The van der Waals surface area contributed by atoms with Crippen LogP contribution in [0.1, 0.15) is 53.5 Å². The van der Waals surface area contributed by atoms with Gasteiger partial charge < -0.3 is 5.32 Å². The van der Waals surface area contributed by atoms with Crippen LogP contribution < -0.4 is 5.32 Å². The van der Waals surface area contributed by atoms with Crippen molar-refractivity contribution in [1.29, 1.82) is 0 Å². The topological polar surface area (TPSA) is 96.4 Å². The Morgan fingerprint density at radius 2 is 1.81 bits per heavy atom. The lowest BCUT2D eigenvalue weighted by Crippen LogP contribution is -2.38. The van der Waals surface area contributed by atoms with Gasteiger partial charge in [-0.2, -0.15) is 8.42 Å². The highest BCUT2D eigenvalue weighted by Crippen LogP contribution is 2.26. The molecule has 31 heavy (non-hydrogen) atoms. The van der Waals surface area contributed by atoms with Gasteiger partial charge >= 0.3 is 0 Å². The number of aromatic nitrogens is 1. The highest BCUT2D eigenvalue weighted by molar-refractivity contribution is 7.85. The van der Waals surface area contributed by atoms with Gasteiger partial charge in [0.2, 0.25) is 5.91 Å². The summed E-state index contributed by atoms with van der Waals surface area (Å²) in [5.74, 6) is -0.480. The number of thiazole rings is 1. The Bertz CT molecular complexity index is 1110. The molecule has 0 spiro atoms. The number of nitrogens with one attached hydrogen (secondary N) is 1. The van der Waals surface area contributed by atoms with Crippen LogP contribution in [0.5, 0.6) is 0 Å². The second-order valence-electron chi connectivity index (χ2n) is 8.46. The second-order valence-corrected chi connectivity index (χ2v) is 11.8. The van der Waals surface area contributed by atoms with Gasteiger partial charge in [0.25, 0.3) is 10.1 Å². The number of amides is 1. The molecule has 0 aliphatic carbocycles. The molecule has 0 unspecified atom stereocenters. The molecule has 166 valence electrons. The minimum Gasteiger partial charge on any atom is -0.346 e. The van der Waals surface area contributed by atoms with E-state index in [4.69, 9.17) is 9.54 Å². The number of nitrogens with zero attached hydrogens (tertiary/aromatic N) is 1. The summed E-state index contributed by atoms with van der Waals surface area (Å²) < 4.78 is 31.2. The minimum absolute atomic E-state index is 0.0597. The number of benzene rings is 1. The SMILES string of the molecule is CC(C)(C)C(=O)N[C@@H](Cc1ccc(CS(=O)(=O)O)cc1)c1nc(Cc2cccs2)cs1. The second kappa shape index (κ2) is 9.60. The molecule has 0 bridgehead atoms. The van der Waals surface area contributed by atoms with Crippen LogP contribution in [0.3, 0.4) is 0 Å². The summed E-state index contributed by atoms with van der Waals surface area (Å²) in [6, 6.07) is 10.8. The molecule has 1 amide bonds. The standard InChI is InChI=1S/C22H26N2O4S3/c1-22(2,3)21(25)24-19(11-15-6-8-16(9-7-15)14-31(26,27)28)20-23-17(13-30-20)12-18-5-4-10-29-18/h4-10,13,19H,11-12,14H2,1-3H3,(H,24,25)(H,26,27,28)/t19-/m0/s1. The van der Waals surface area contributed by atoms with Crippen LogP contribution in [0.25, 0.3) is 0 Å². The number of hydrogen-bond donors (Lipinski definition) is 2. The van der Waals surface area contributed by atoms with Gasteiger partial charge in [-0.3, -0.25) is 9.35 Å². The van der Waals surface area contributed by atoms with Crippen molar-refractivity contribution in [3.8, 4) is 0 Å². The zero-order chi connectivity index (χ0) is 22.6. The molecule has 1 aromatic carbocycles. The predicted octanol–water partition coefficient (Wildman–Crippen LogP) is 4.63. The maximum atomic E-state index is 12.7. The van der Waals surface area contributed by atoms with Gasteiger partial charge in [0.1, 0.15) is 10.8 Å². The first-order valence-electron chi connectivity index (χ1n) is 9.80. The maximum absolute atomic E-state index is 12.7. The number of carbonyl (C=O) groups is 1. The van der Waals surface area contributed by atoms with Crippen LogP contribution in [0, 0.1) is 5.41 Å². The van der Waals surface area contributed by atoms with Gasteiger partial charge in [-0.05, 0) is 29.0 Å². The number of hydrogen-bond acceptors (Lipinski definition) is 6. The van der Waals surface area contributed by atoms with Gasteiger partial charge in [0.05, 0.1) is 11.7 Å². The fourth-order valence-electron chi connectivity index (χ4n) is 2.95. The normalized spacial score (nSPS) is 13.2. The van der Waals surface area contributed by atoms with Crippen molar-refractivity contribution in [2.75, 3.05) is 0 Å². The summed E-state index contributed by atoms with van der Waals surface area (Å²) in [5, 5.41) is 8.03. The number of rotatable bonds is 8. The Morgan fingerprint density at radius 3 is 2.39 bits per heavy atom. The molecule has 0 saturated heterocycles. The molecule has 0 fully saturated rings. The Morgan fingerprint density at radius 1 is 1.13 bits per heavy atom. The molecule has 2 aromatic heterocycles. The van der Waals surface area contributed by atoms with Crippen molar-refractivity contribution in [1.82, 2.24) is 10.3 Å². The van der Waals surface area contributed by atoms with Gasteiger partial charge in [0.15, 0.2) is 0 Å². The lowest BCUT2D eigenvalue weighted by molar-refractivity contribution is -0.129. The van der Waals surface area contributed by atoms with Crippen molar-refractivity contribution < 1.29 is 17.8 Å². The van der Waals surface area contributed by atoms with Crippen LogP contribution in [-0.2, 0) is 33.5 Å². The first kappa shape index (κ1) is 23.6. The van der Waals surface area contributed by atoms with E-state index in [1.165, 1.54) is 16.2 Å². The van der Waals surface area contributed by atoms with E-state index >= 15 is 0 Å². The van der Waals surface area contributed by atoms with Crippen LogP contribution in [0.15, 0.2) is 47.2 Å². The zero-order valence-electron chi connectivity index (χ0n) is 17.7. The molecule has 0 saturated carbocycles. The van der Waals surface area contributed by atoms with Crippen molar-refractivity contribution in [3.63, 3.8) is 0 Å². The van der Waals surface area contributed by atoms with Crippen molar-refractivity contribution in [2.24, 2.45) is 5.41 Å². The molecule has 0 radical (unpaired) electrons. The maximum Gasteiger partial charge on any atom is 0.269 e. The molecule has 9 heteroatoms. The van der Waals surface area contributed by atoms with Gasteiger partial charge in [-0.15, -0.1) is 22.7 Å². The molecule has 6 nitrogen and oxygen atoms in total. The number of thiophene rings is 1. The molecular formula is C22H26N2O4S3. The molecule has 3 rings (SSSR count). The largest absolute Gasteiger partial charge is 0.346 e. The highest BCUT2D eigenvalue weighted by atomic mass is 32.2. The van der Waals surface area contributed by atoms with Crippen molar-refractivity contribution in [3.05, 3.63) is 73.9 Å². The lowest BCUT2D eigenvalue weighted by Gasteiger charge is -2.23. The van der Waals surface area contributed by atoms with Crippen LogP contribution >= 0.6 is 22.7 Å². The van der Waals surface area contributed by atoms with Crippen LogP contribution in [-0.4, -0.2) is 23.9 Å². The van der Waals surface area contributed by atoms with Gasteiger partial charge in [0, 0.05) is 22.1 Å². The molecule has 0 aliphatic heterocycles. The molecule has 0 aliphatic rings. The summed E-state index contributed by atoms with van der Waals surface area (Å²) in [4.78, 5) is 18.7. The molecule has 1 atom stereocenters. The highest BCUT2D eigenvalue weighted by Gasteiger charge is 2.26. The Balaban J connectivity index is 1.80. The predicted molar refractivity (Wildman–Crippen MR) is 125 cm³/mol. The average Bonchev–Trinajstić information content (AvgIpc) is 3.33. The lowest BCUT2D eigenvalue weighted by atomic mass is 9.94. The third-order valence-electron chi connectivity index (χ3n) is 4.60. The summed E-state index contributed by atoms with van der Waals surface area (Å²) >= 11 is 3.22. The minimum atomic E-state index is -4.07. The number of carbonyl (C=O) groups excluding carboxylic acids is 1.